The van der Waals surface area contributed by atoms with Crippen molar-refractivity contribution in [2.75, 3.05) is 45.2 Å². The number of anilines is 1. The van der Waals surface area contributed by atoms with Crippen LogP contribution in [-0.4, -0.2) is 49.3 Å². The summed E-state index contributed by atoms with van der Waals surface area (Å²) >= 11 is 0. The molecule has 0 atom stereocenters. The minimum absolute atomic E-state index is 0.378. The van der Waals surface area contributed by atoms with E-state index in [4.69, 9.17) is 19.9 Å². The van der Waals surface area contributed by atoms with Gasteiger partial charge in [-0.3, -0.25) is 4.90 Å². The van der Waals surface area contributed by atoms with Crippen molar-refractivity contribution in [3.63, 3.8) is 0 Å². The first kappa shape index (κ1) is 22.2. The first-order valence-electron chi connectivity index (χ1n) is 11.7. The molecule has 34 heavy (non-hydrogen) atoms. The molecular formula is C28H29N3O3. The zero-order chi connectivity index (χ0) is 23.2. The number of rotatable bonds is 8. The fourth-order valence-electron chi connectivity index (χ4n) is 4.16. The van der Waals surface area contributed by atoms with E-state index in [1.807, 2.05) is 54.6 Å². The predicted octanol–water partition coefficient (Wildman–Crippen LogP) is 4.77. The molecule has 1 aliphatic rings. The molecule has 1 fully saturated rings. The molecule has 0 saturated carbocycles. The Morgan fingerprint density at radius 3 is 2.47 bits per heavy atom. The molecule has 174 valence electrons. The first-order valence-corrected chi connectivity index (χ1v) is 11.7. The lowest BCUT2D eigenvalue weighted by Crippen LogP contribution is -2.38. The van der Waals surface area contributed by atoms with Crippen LogP contribution in [0, 0.1) is 0 Å². The molecule has 1 aromatic heterocycles. The second kappa shape index (κ2) is 10.5. The maximum atomic E-state index is 6.23. The highest BCUT2D eigenvalue weighted by Gasteiger charge is 2.11. The SMILES string of the molecule is Nc1nc(-c2ccc(OCCN3CCOCC3)cc2)ccc1OCc1cccc2ccccc12. The van der Waals surface area contributed by atoms with Crippen molar-refractivity contribution in [3.8, 4) is 22.8 Å². The standard InChI is InChI=1S/C28H29N3O3/c29-28-27(34-20-23-6-3-5-21-4-1-2-7-25(21)23)13-12-26(30-28)22-8-10-24(11-9-22)33-19-16-31-14-17-32-18-15-31/h1-13H,14-20H2,(H2,29,30). The van der Waals surface area contributed by atoms with Gasteiger partial charge in [-0.1, -0.05) is 42.5 Å². The Hall–Kier alpha value is -3.61. The van der Waals surface area contributed by atoms with Crippen LogP contribution >= 0.6 is 0 Å². The number of nitrogens with two attached hydrogens (primary N) is 1. The molecule has 0 aliphatic carbocycles. The zero-order valence-corrected chi connectivity index (χ0v) is 19.2. The molecule has 0 amide bonds. The van der Waals surface area contributed by atoms with Crippen LogP contribution in [0.2, 0.25) is 0 Å². The molecule has 6 nitrogen and oxygen atoms in total. The summed E-state index contributed by atoms with van der Waals surface area (Å²) in [6.07, 6.45) is 0. The van der Waals surface area contributed by atoms with E-state index >= 15 is 0 Å². The van der Waals surface area contributed by atoms with Gasteiger partial charge in [0, 0.05) is 25.2 Å². The molecule has 0 spiro atoms. The first-order chi connectivity index (χ1) is 16.8. The van der Waals surface area contributed by atoms with Gasteiger partial charge in [0.05, 0.1) is 18.9 Å². The highest BCUT2D eigenvalue weighted by atomic mass is 16.5. The van der Waals surface area contributed by atoms with Gasteiger partial charge >= 0.3 is 0 Å². The molecule has 6 heteroatoms. The maximum Gasteiger partial charge on any atom is 0.166 e. The second-order valence-electron chi connectivity index (χ2n) is 8.33. The van der Waals surface area contributed by atoms with Crippen LogP contribution < -0.4 is 15.2 Å². The van der Waals surface area contributed by atoms with E-state index < -0.39 is 0 Å². The molecule has 2 N–H and O–H groups in total. The molecule has 0 radical (unpaired) electrons. The Bertz CT molecular complexity index is 1230. The van der Waals surface area contributed by atoms with E-state index in [1.165, 1.54) is 10.8 Å². The smallest absolute Gasteiger partial charge is 0.166 e. The number of ether oxygens (including phenoxy) is 3. The minimum Gasteiger partial charge on any atom is -0.492 e. The average molecular weight is 456 g/mol. The molecule has 4 aromatic rings. The number of morpholine rings is 1. The molecule has 0 unspecified atom stereocenters. The third-order valence-electron chi connectivity index (χ3n) is 6.08. The quantitative estimate of drug-likeness (QED) is 0.413. The summed E-state index contributed by atoms with van der Waals surface area (Å²) in [5.41, 5.74) is 9.12. The second-order valence-corrected chi connectivity index (χ2v) is 8.33. The highest BCUT2D eigenvalue weighted by Crippen LogP contribution is 2.28. The van der Waals surface area contributed by atoms with E-state index in [1.54, 1.807) is 0 Å². The van der Waals surface area contributed by atoms with Crippen LogP contribution in [0.4, 0.5) is 5.82 Å². The topological polar surface area (TPSA) is 69.8 Å². The fraction of sp³-hybridized carbons (Fsp3) is 0.250. The summed E-state index contributed by atoms with van der Waals surface area (Å²) in [5, 5.41) is 2.37. The van der Waals surface area contributed by atoms with Gasteiger partial charge in [-0.15, -0.1) is 0 Å². The van der Waals surface area contributed by atoms with Crippen molar-refractivity contribution < 1.29 is 14.2 Å². The Morgan fingerprint density at radius 2 is 1.65 bits per heavy atom. The number of hydrogen-bond donors (Lipinski definition) is 1. The highest BCUT2D eigenvalue weighted by molar-refractivity contribution is 5.85. The summed E-state index contributed by atoms with van der Waals surface area (Å²) < 4.78 is 17.3. The van der Waals surface area contributed by atoms with E-state index in [0.717, 1.165) is 55.4 Å². The number of aromatic nitrogens is 1. The van der Waals surface area contributed by atoms with E-state index in [2.05, 4.69) is 34.1 Å². The Labute approximate surface area is 199 Å². The number of hydrogen-bond acceptors (Lipinski definition) is 6. The van der Waals surface area contributed by atoms with E-state index in [9.17, 15) is 0 Å². The Balaban J connectivity index is 1.19. The molecule has 2 heterocycles. The lowest BCUT2D eigenvalue weighted by atomic mass is 10.1. The van der Waals surface area contributed by atoms with Crippen molar-refractivity contribution in [1.29, 1.82) is 0 Å². The van der Waals surface area contributed by atoms with Gasteiger partial charge in [0.2, 0.25) is 0 Å². The lowest BCUT2D eigenvalue weighted by Gasteiger charge is -2.26. The van der Waals surface area contributed by atoms with Crippen LogP contribution in [-0.2, 0) is 11.3 Å². The summed E-state index contributed by atoms with van der Waals surface area (Å²) in [6, 6.07) is 26.3. The number of nitrogen functional groups attached to an aromatic ring is 1. The van der Waals surface area contributed by atoms with Gasteiger partial charge in [0.25, 0.3) is 0 Å². The molecule has 3 aromatic carbocycles. The van der Waals surface area contributed by atoms with Crippen LogP contribution in [0.1, 0.15) is 5.56 Å². The largest absolute Gasteiger partial charge is 0.492 e. The third kappa shape index (κ3) is 5.30. The lowest BCUT2D eigenvalue weighted by molar-refractivity contribution is 0.0322. The van der Waals surface area contributed by atoms with Crippen molar-refractivity contribution in [2.45, 2.75) is 6.61 Å². The zero-order valence-electron chi connectivity index (χ0n) is 19.2. The van der Waals surface area contributed by atoms with Gasteiger partial charge in [0.1, 0.15) is 19.0 Å². The van der Waals surface area contributed by atoms with E-state index in [-0.39, 0.29) is 0 Å². The van der Waals surface area contributed by atoms with Crippen molar-refractivity contribution >= 4 is 16.6 Å². The molecule has 1 aliphatic heterocycles. The summed E-state index contributed by atoms with van der Waals surface area (Å²) in [7, 11) is 0. The molecule has 1 saturated heterocycles. The van der Waals surface area contributed by atoms with Crippen molar-refractivity contribution in [1.82, 2.24) is 9.88 Å². The van der Waals surface area contributed by atoms with Crippen LogP contribution in [0.3, 0.4) is 0 Å². The van der Waals surface area contributed by atoms with Gasteiger partial charge < -0.3 is 19.9 Å². The van der Waals surface area contributed by atoms with Crippen molar-refractivity contribution in [2.24, 2.45) is 0 Å². The van der Waals surface area contributed by atoms with Gasteiger partial charge in [0.15, 0.2) is 11.6 Å². The monoisotopic (exact) mass is 455 g/mol. The third-order valence-corrected chi connectivity index (χ3v) is 6.08. The van der Waals surface area contributed by atoms with Gasteiger partial charge in [-0.2, -0.15) is 0 Å². The molecule has 5 rings (SSSR count). The summed E-state index contributed by atoms with van der Waals surface area (Å²) in [5.74, 6) is 1.81. The fourth-order valence-corrected chi connectivity index (χ4v) is 4.16. The van der Waals surface area contributed by atoms with Crippen LogP contribution in [0.15, 0.2) is 78.9 Å². The summed E-state index contributed by atoms with van der Waals surface area (Å²) in [4.78, 5) is 6.92. The van der Waals surface area contributed by atoms with E-state index in [0.29, 0.717) is 24.8 Å². The minimum atomic E-state index is 0.378. The Morgan fingerprint density at radius 1 is 0.853 bits per heavy atom. The number of benzene rings is 3. The van der Waals surface area contributed by atoms with Crippen LogP contribution in [0.5, 0.6) is 11.5 Å². The average Bonchev–Trinajstić information content (AvgIpc) is 2.89. The van der Waals surface area contributed by atoms with Gasteiger partial charge in [-0.25, -0.2) is 4.98 Å². The Kier molecular flexibility index (Phi) is 6.89. The molecular weight excluding hydrogens is 426 g/mol. The normalized spacial score (nSPS) is 14.2. The van der Waals surface area contributed by atoms with Crippen molar-refractivity contribution in [3.05, 3.63) is 84.4 Å². The maximum absolute atomic E-state index is 6.23. The van der Waals surface area contributed by atoms with Gasteiger partial charge in [-0.05, 0) is 52.7 Å². The number of nitrogens with zero attached hydrogens (tertiary/aromatic N) is 2. The predicted molar refractivity (Wildman–Crippen MR) is 135 cm³/mol. The van der Waals surface area contributed by atoms with Crippen LogP contribution in [0.25, 0.3) is 22.0 Å². The number of pyridine rings is 1. The number of fused-ring (bicyclic) bond motifs is 1. The summed E-state index contributed by atoms with van der Waals surface area (Å²) in [6.45, 7) is 5.55. The molecule has 0 bridgehead atoms.